The molecule has 1 N–H and O–H groups in total. The molecule has 1 heterocycles. The summed E-state index contributed by atoms with van der Waals surface area (Å²) >= 11 is 0. The Bertz CT molecular complexity index is 1650. The van der Waals surface area contributed by atoms with Gasteiger partial charge in [0.1, 0.15) is 23.8 Å². The van der Waals surface area contributed by atoms with Gasteiger partial charge in [-0.15, -0.1) is 0 Å². The lowest BCUT2D eigenvalue weighted by Gasteiger charge is -2.23. The highest BCUT2D eigenvalue weighted by molar-refractivity contribution is 7.92. The highest BCUT2D eigenvalue weighted by atomic mass is 32.2. The molecule has 1 amide bonds. The van der Waals surface area contributed by atoms with E-state index in [1.807, 2.05) is 0 Å². The predicted octanol–water partition coefficient (Wildman–Crippen LogP) is 4.11. The molecule has 13 nitrogen and oxygen atoms in total. The number of para-hydroxylation sites is 2. The maximum absolute atomic E-state index is 13.4. The third-order valence-electron chi connectivity index (χ3n) is 5.34. The number of hydrogen-bond donors (Lipinski definition) is 1. The van der Waals surface area contributed by atoms with Crippen LogP contribution in [0.25, 0.3) is 11.3 Å². The molecule has 4 aromatic rings. The van der Waals surface area contributed by atoms with Crippen LogP contribution in [-0.2, 0) is 14.8 Å². The average Bonchev–Trinajstić information content (AvgIpc) is 3.41. The molecule has 198 valence electrons. The summed E-state index contributed by atoms with van der Waals surface area (Å²) in [6.45, 7) is -0.800. The SMILES string of the molecule is O=C(CN(c1ccccc1[N+](=O)[O-])S(=O)(=O)c1ccccc1)N/N=C\c1ccc(-c2ccc([N+](=O)[O-])cc2)o1. The topological polar surface area (TPSA) is 178 Å². The number of nitro groups is 2. The fourth-order valence-electron chi connectivity index (χ4n) is 3.51. The maximum Gasteiger partial charge on any atom is 0.293 e. The van der Waals surface area contributed by atoms with E-state index in [1.165, 1.54) is 72.9 Å². The summed E-state index contributed by atoms with van der Waals surface area (Å²) in [4.78, 5) is 33.7. The number of non-ortho nitro benzene ring substituents is 1. The molecule has 39 heavy (non-hydrogen) atoms. The molecule has 0 aliphatic rings. The van der Waals surface area contributed by atoms with E-state index in [4.69, 9.17) is 4.42 Å². The molecule has 0 fully saturated rings. The molecule has 0 unspecified atom stereocenters. The third kappa shape index (κ3) is 6.14. The number of furan rings is 1. The molecular weight excluding hydrogens is 530 g/mol. The van der Waals surface area contributed by atoms with Gasteiger partial charge in [-0.25, -0.2) is 18.1 Å². The first-order chi connectivity index (χ1) is 18.7. The Morgan fingerprint density at radius 1 is 0.897 bits per heavy atom. The summed E-state index contributed by atoms with van der Waals surface area (Å²) in [5.74, 6) is -0.239. The van der Waals surface area contributed by atoms with Crippen LogP contribution in [0.15, 0.2) is 105 Å². The van der Waals surface area contributed by atoms with Gasteiger partial charge in [-0.1, -0.05) is 30.3 Å². The Morgan fingerprint density at radius 2 is 1.56 bits per heavy atom. The van der Waals surface area contributed by atoms with Crippen molar-refractivity contribution in [3.63, 3.8) is 0 Å². The van der Waals surface area contributed by atoms with Gasteiger partial charge in [-0.2, -0.15) is 5.10 Å². The minimum absolute atomic E-state index is 0.0704. The summed E-state index contributed by atoms with van der Waals surface area (Å²) in [6.07, 6.45) is 1.17. The smallest absolute Gasteiger partial charge is 0.293 e. The molecule has 0 atom stereocenters. The minimum Gasteiger partial charge on any atom is -0.455 e. The van der Waals surface area contributed by atoms with E-state index in [0.29, 0.717) is 15.6 Å². The Hall–Kier alpha value is -5.37. The Kier molecular flexibility index (Phi) is 7.77. The lowest BCUT2D eigenvalue weighted by molar-refractivity contribution is -0.384. The zero-order valence-corrected chi connectivity index (χ0v) is 20.7. The fraction of sp³-hybridized carbons (Fsp3) is 0.0400. The molecule has 4 rings (SSSR count). The van der Waals surface area contributed by atoms with Crippen molar-refractivity contribution in [2.45, 2.75) is 4.90 Å². The van der Waals surface area contributed by atoms with Crippen molar-refractivity contribution in [3.05, 3.63) is 117 Å². The van der Waals surface area contributed by atoms with Crippen LogP contribution < -0.4 is 9.73 Å². The maximum atomic E-state index is 13.4. The largest absolute Gasteiger partial charge is 0.455 e. The number of anilines is 1. The number of sulfonamides is 1. The molecule has 1 aromatic heterocycles. The quantitative estimate of drug-likeness (QED) is 0.174. The van der Waals surface area contributed by atoms with Gasteiger partial charge in [-0.3, -0.25) is 25.0 Å². The van der Waals surface area contributed by atoms with Crippen molar-refractivity contribution in [1.29, 1.82) is 0 Å². The molecule has 0 radical (unpaired) electrons. The Balaban J connectivity index is 1.52. The van der Waals surface area contributed by atoms with Gasteiger partial charge in [0.2, 0.25) is 0 Å². The van der Waals surface area contributed by atoms with Crippen LogP contribution in [0.1, 0.15) is 5.76 Å². The van der Waals surface area contributed by atoms with Gasteiger partial charge in [0, 0.05) is 23.8 Å². The highest BCUT2D eigenvalue weighted by Gasteiger charge is 2.31. The van der Waals surface area contributed by atoms with Gasteiger partial charge >= 0.3 is 0 Å². The van der Waals surface area contributed by atoms with E-state index in [-0.39, 0.29) is 22.0 Å². The van der Waals surface area contributed by atoms with E-state index >= 15 is 0 Å². The van der Waals surface area contributed by atoms with Gasteiger partial charge in [0.15, 0.2) is 0 Å². The summed E-state index contributed by atoms with van der Waals surface area (Å²) < 4.78 is 33.0. The number of carbonyl (C=O) groups is 1. The number of benzene rings is 3. The van der Waals surface area contributed by atoms with Crippen LogP contribution in [0, 0.1) is 20.2 Å². The molecular formula is C25H19N5O8S. The third-order valence-corrected chi connectivity index (χ3v) is 7.11. The van der Waals surface area contributed by atoms with Crippen LogP contribution >= 0.6 is 0 Å². The lowest BCUT2D eigenvalue weighted by Crippen LogP contribution is -2.39. The monoisotopic (exact) mass is 549 g/mol. The van der Waals surface area contributed by atoms with E-state index in [9.17, 15) is 33.4 Å². The standard InChI is InChI=1S/C25H19N5O8S/c31-25(27-26-16-20-14-15-24(38-20)18-10-12-19(13-11-18)29(32)33)17-28(22-8-4-5-9-23(22)30(34)35)39(36,37)21-6-2-1-3-7-21/h1-16H,17H2,(H,27,31)/b26-16-. The van der Waals surface area contributed by atoms with E-state index < -0.39 is 38.0 Å². The van der Waals surface area contributed by atoms with Gasteiger partial charge in [0.05, 0.1) is 21.0 Å². The summed E-state index contributed by atoms with van der Waals surface area (Å²) in [5.41, 5.74) is 1.92. The van der Waals surface area contributed by atoms with Crippen LogP contribution in [-0.4, -0.2) is 36.9 Å². The predicted molar refractivity (Wildman–Crippen MR) is 141 cm³/mol. The number of nitrogens with zero attached hydrogens (tertiary/aromatic N) is 4. The molecule has 14 heteroatoms. The zero-order valence-electron chi connectivity index (χ0n) is 19.9. The fourth-order valence-corrected chi connectivity index (χ4v) is 4.96. The molecule has 0 spiro atoms. The summed E-state index contributed by atoms with van der Waals surface area (Å²) in [6, 6.07) is 21.2. The molecule has 0 aliphatic carbocycles. The zero-order chi connectivity index (χ0) is 28.0. The lowest BCUT2D eigenvalue weighted by atomic mass is 10.1. The Morgan fingerprint density at radius 3 is 2.23 bits per heavy atom. The van der Waals surface area contributed by atoms with Gasteiger partial charge in [0.25, 0.3) is 27.3 Å². The number of hydrazone groups is 1. The normalized spacial score (nSPS) is 11.3. The number of nitro benzene ring substituents is 2. The van der Waals surface area contributed by atoms with Crippen LogP contribution in [0.3, 0.4) is 0 Å². The second-order valence-electron chi connectivity index (χ2n) is 7.87. The van der Waals surface area contributed by atoms with Crippen molar-refractivity contribution < 1.29 is 27.5 Å². The van der Waals surface area contributed by atoms with Crippen molar-refractivity contribution >= 4 is 39.2 Å². The van der Waals surface area contributed by atoms with E-state index in [2.05, 4.69) is 10.5 Å². The summed E-state index contributed by atoms with van der Waals surface area (Å²) in [7, 11) is -4.36. The van der Waals surface area contributed by atoms with Crippen LogP contribution in [0.4, 0.5) is 17.1 Å². The van der Waals surface area contributed by atoms with E-state index in [1.54, 1.807) is 18.2 Å². The average molecular weight is 550 g/mol. The van der Waals surface area contributed by atoms with Gasteiger partial charge in [-0.05, 0) is 42.5 Å². The second-order valence-corrected chi connectivity index (χ2v) is 9.73. The van der Waals surface area contributed by atoms with E-state index in [0.717, 1.165) is 6.07 Å². The molecule has 0 saturated carbocycles. The number of hydrogen-bond acceptors (Lipinski definition) is 9. The molecule has 0 aliphatic heterocycles. The van der Waals surface area contributed by atoms with Crippen LogP contribution in [0.2, 0.25) is 0 Å². The first-order valence-corrected chi connectivity index (χ1v) is 12.6. The number of carbonyl (C=O) groups excluding carboxylic acids is 1. The van der Waals surface area contributed by atoms with Crippen molar-refractivity contribution in [2.75, 3.05) is 10.8 Å². The molecule has 0 saturated heterocycles. The second kappa shape index (κ2) is 11.4. The highest BCUT2D eigenvalue weighted by Crippen LogP contribution is 2.32. The first-order valence-electron chi connectivity index (χ1n) is 11.1. The minimum atomic E-state index is -4.36. The first kappa shape index (κ1) is 26.7. The Labute approximate surface area is 221 Å². The van der Waals surface area contributed by atoms with Crippen molar-refractivity contribution in [3.8, 4) is 11.3 Å². The summed E-state index contributed by atoms with van der Waals surface area (Å²) in [5, 5.41) is 26.2. The number of nitrogens with one attached hydrogen (secondary N) is 1. The van der Waals surface area contributed by atoms with Gasteiger partial charge < -0.3 is 4.42 Å². The van der Waals surface area contributed by atoms with Crippen molar-refractivity contribution in [2.24, 2.45) is 5.10 Å². The molecule has 3 aromatic carbocycles. The van der Waals surface area contributed by atoms with Crippen molar-refractivity contribution in [1.82, 2.24) is 5.43 Å². The number of rotatable bonds is 10. The van der Waals surface area contributed by atoms with Crippen LogP contribution in [0.5, 0.6) is 0 Å². The number of amides is 1. The molecule has 0 bridgehead atoms.